The summed E-state index contributed by atoms with van der Waals surface area (Å²) < 4.78 is 43.5. The van der Waals surface area contributed by atoms with Crippen molar-refractivity contribution in [1.82, 2.24) is 10.2 Å². The summed E-state index contributed by atoms with van der Waals surface area (Å²) in [6, 6.07) is 9.02. The van der Waals surface area contributed by atoms with E-state index in [1.54, 1.807) is 21.9 Å². The number of ether oxygens (including phenoxy) is 1. The van der Waals surface area contributed by atoms with Gasteiger partial charge in [-0.3, -0.25) is 28.4 Å². The van der Waals surface area contributed by atoms with E-state index in [0.29, 0.717) is 24.5 Å². The average Bonchev–Trinajstić information content (AvgIpc) is 3.34. The molecular weight excluding hydrogens is 651 g/mol. The van der Waals surface area contributed by atoms with Crippen LogP contribution in [0.4, 0.5) is 26.2 Å². The van der Waals surface area contributed by atoms with E-state index < -0.39 is 44.5 Å². The van der Waals surface area contributed by atoms with E-state index in [2.05, 4.69) is 10.6 Å². The summed E-state index contributed by atoms with van der Waals surface area (Å²) in [6.45, 7) is 2.88. The molecule has 0 saturated carbocycles. The Balaban J connectivity index is 1.24. The van der Waals surface area contributed by atoms with Gasteiger partial charge in [0.15, 0.2) is 5.40 Å². The molecule has 250 valence electrons. The number of nitrogens with one attached hydrogen (secondary N) is 2. The van der Waals surface area contributed by atoms with Crippen molar-refractivity contribution in [3.05, 3.63) is 53.8 Å². The Bertz CT molecular complexity index is 1550. The van der Waals surface area contributed by atoms with Gasteiger partial charge in [0, 0.05) is 51.6 Å². The molecule has 2 aromatic carbocycles. The highest BCUT2D eigenvalue weighted by molar-refractivity contribution is 7.70. The van der Waals surface area contributed by atoms with Gasteiger partial charge in [0.1, 0.15) is 11.9 Å². The predicted octanol–water partition coefficient (Wildman–Crippen LogP) is 1.71. The van der Waals surface area contributed by atoms with E-state index in [4.69, 9.17) is 4.74 Å². The molecule has 0 spiro atoms. The van der Waals surface area contributed by atoms with Crippen LogP contribution in [-0.2, 0) is 28.3 Å². The van der Waals surface area contributed by atoms with E-state index in [0.717, 1.165) is 12.1 Å². The Morgan fingerprint density at radius 2 is 1.61 bits per heavy atom. The zero-order valence-corrected chi connectivity index (χ0v) is 26.4. The molecule has 46 heavy (non-hydrogen) atoms. The number of amides is 4. The monoisotopic (exact) mass is 685 g/mol. The Kier molecular flexibility index (Phi) is 10.9. The van der Waals surface area contributed by atoms with Crippen molar-refractivity contribution in [3.8, 4) is 0 Å². The Morgan fingerprint density at radius 1 is 0.978 bits per heavy atom. The van der Waals surface area contributed by atoms with Crippen LogP contribution < -0.4 is 20.4 Å². The van der Waals surface area contributed by atoms with Crippen molar-refractivity contribution in [3.63, 3.8) is 0 Å². The largest absolute Gasteiger partial charge is 0.442 e. The van der Waals surface area contributed by atoms with Crippen LogP contribution >= 0.6 is 15.2 Å². The van der Waals surface area contributed by atoms with Crippen LogP contribution in [-0.4, -0.2) is 93.7 Å². The zero-order valence-electron chi connectivity index (χ0n) is 24.6. The minimum absolute atomic E-state index is 0.111. The highest BCUT2D eigenvalue weighted by Crippen LogP contribution is 2.69. The van der Waals surface area contributed by atoms with Crippen LogP contribution in [0.5, 0.6) is 0 Å². The standard InChI is InChI=1S/C27H34FN5O11P2/c1-17(34)29-15-21-16-33(27(37)44-21)20-6-7-23(22(28)14-20)31-10-12-32(13-11-31)25(36)9-8-24(35)30-19-4-2-18(3-5-19)26(45(38,39)40)46(41,42)43/h2-7,14,21,26H,8-13,15-16H2,1H3,(H,29,34)(H,30,35)(H2,38,39,40)(H2,41,42,43)/t21-/m0/s1. The minimum atomic E-state index is -5.18. The van der Waals surface area contributed by atoms with Gasteiger partial charge < -0.3 is 44.7 Å². The minimum Gasteiger partial charge on any atom is -0.442 e. The van der Waals surface area contributed by atoms with Crippen LogP contribution in [0.25, 0.3) is 0 Å². The molecule has 2 fully saturated rings. The highest BCUT2D eigenvalue weighted by atomic mass is 31.2. The predicted molar refractivity (Wildman–Crippen MR) is 163 cm³/mol. The first kappa shape index (κ1) is 35.0. The van der Waals surface area contributed by atoms with Crippen molar-refractivity contribution in [2.75, 3.05) is 54.4 Å². The van der Waals surface area contributed by atoms with E-state index in [9.17, 15) is 47.9 Å². The number of carbonyl (C=O) groups is 4. The van der Waals surface area contributed by atoms with Gasteiger partial charge in [-0.05, 0) is 35.9 Å². The SMILES string of the molecule is CC(=O)NC[C@H]1CN(c2ccc(N3CCN(C(=O)CCC(=O)Nc4ccc(C(P(=O)(O)O)P(=O)(O)O)cc4)CC3)c(F)c2)C(=O)O1. The molecule has 1 atom stereocenters. The lowest BCUT2D eigenvalue weighted by molar-refractivity contribution is -0.133. The molecule has 0 unspecified atom stereocenters. The fourth-order valence-electron chi connectivity index (χ4n) is 5.14. The van der Waals surface area contributed by atoms with Crippen molar-refractivity contribution < 1.29 is 57.0 Å². The smallest absolute Gasteiger partial charge is 0.414 e. The number of cyclic esters (lactones) is 1. The normalized spacial score (nSPS) is 17.2. The zero-order chi connectivity index (χ0) is 33.8. The lowest BCUT2D eigenvalue weighted by atomic mass is 10.2. The average molecular weight is 686 g/mol. The van der Waals surface area contributed by atoms with Gasteiger partial charge in [0.05, 0.1) is 24.5 Å². The molecule has 0 radical (unpaired) electrons. The maximum absolute atomic E-state index is 15.1. The van der Waals surface area contributed by atoms with E-state index in [1.807, 2.05) is 0 Å². The number of piperazine rings is 1. The van der Waals surface area contributed by atoms with Crippen molar-refractivity contribution in [2.45, 2.75) is 31.3 Å². The number of rotatable bonds is 11. The molecule has 19 heteroatoms. The van der Waals surface area contributed by atoms with E-state index in [-0.39, 0.29) is 62.1 Å². The molecule has 0 aliphatic carbocycles. The Labute approximate surface area is 262 Å². The fourth-order valence-corrected chi connectivity index (χ4v) is 7.83. The Morgan fingerprint density at radius 3 is 2.17 bits per heavy atom. The lowest BCUT2D eigenvalue weighted by Gasteiger charge is -2.36. The fraction of sp³-hybridized carbons (Fsp3) is 0.407. The molecule has 2 saturated heterocycles. The molecular formula is C27H34FN5O11P2. The molecule has 2 aliphatic rings. The molecule has 0 bridgehead atoms. The second-order valence-corrected chi connectivity index (χ2v) is 14.6. The first-order valence-corrected chi connectivity index (χ1v) is 17.4. The number of benzene rings is 2. The van der Waals surface area contributed by atoms with Gasteiger partial charge in [-0.25, -0.2) is 9.18 Å². The maximum atomic E-state index is 15.1. The summed E-state index contributed by atoms with van der Waals surface area (Å²) in [6.07, 6.45) is -1.48. The summed E-state index contributed by atoms with van der Waals surface area (Å²) >= 11 is 0. The molecule has 2 heterocycles. The summed E-state index contributed by atoms with van der Waals surface area (Å²) in [5, 5.41) is 2.77. The molecule has 6 N–H and O–H groups in total. The molecule has 2 aromatic rings. The number of hydrogen-bond acceptors (Lipinski definition) is 8. The number of nitrogens with zero attached hydrogens (tertiary/aromatic N) is 3. The van der Waals surface area contributed by atoms with Crippen molar-refractivity contribution in [1.29, 1.82) is 0 Å². The van der Waals surface area contributed by atoms with Gasteiger partial charge in [-0.1, -0.05) is 12.1 Å². The summed E-state index contributed by atoms with van der Waals surface area (Å²) in [4.78, 5) is 90.5. The second-order valence-electron chi connectivity index (χ2n) is 10.8. The second kappa shape index (κ2) is 14.3. The van der Waals surface area contributed by atoms with E-state index >= 15 is 4.39 Å². The van der Waals surface area contributed by atoms with E-state index in [1.165, 1.54) is 30.0 Å². The van der Waals surface area contributed by atoms with Gasteiger partial charge >= 0.3 is 21.3 Å². The quantitative estimate of drug-likeness (QED) is 0.186. The number of anilines is 3. The third-order valence-corrected chi connectivity index (χ3v) is 11.0. The summed E-state index contributed by atoms with van der Waals surface area (Å²) in [5.74, 6) is -1.62. The van der Waals surface area contributed by atoms with Gasteiger partial charge in [-0.15, -0.1) is 0 Å². The molecule has 16 nitrogen and oxygen atoms in total. The third kappa shape index (κ3) is 8.90. The topological polar surface area (TPSA) is 226 Å². The third-order valence-electron chi connectivity index (χ3n) is 7.36. The van der Waals surface area contributed by atoms with Crippen LogP contribution in [0.1, 0.15) is 30.7 Å². The van der Waals surface area contributed by atoms with Crippen LogP contribution in [0.3, 0.4) is 0 Å². The first-order chi connectivity index (χ1) is 21.5. The first-order valence-electron chi connectivity index (χ1n) is 14.1. The highest BCUT2D eigenvalue weighted by Gasteiger charge is 2.44. The van der Waals surface area contributed by atoms with Crippen molar-refractivity contribution >= 4 is 56.1 Å². The lowest BCUT2D eigenvalue weighted by Crippen LogP contribution is -2.49. The van der Waals surface area contributed by atoms with Gasteiger partial charge in [0.25, 0.3) is 0 Å². The number of halogens is 1. The Hall–Kier alpha value is -3.85. The number of hydrogen-bond donors (Lipinski definition) is 6. The summed E-state index contributed by atoms with van der Waals surface area (Å²) in [7, 11) is -10.4. The molecule has 0 aromatic heterocycles. The van der Waals surface area contributed by atoms with Crippen LogP contribution in [0, 0.1) is 5.82 Å². The maximum Gasteiger partial charge on any atom is 0.414 e. The van der Waals surface area contributed by atoms with Gasteiger partial charge in [-0.2, -0.15) is 0 Å². The van der Waals surface area contributed by atoms with Crippen LogP contribution in [0.2, 0.25) is 0 Å². The van der Waals surface area contributed by atoms with Crippen molar-refractivity contribution in [2.24, 2.45) is 0 Å². The molecule has 2 aliphatic heterocycles. The van der Waals surface area contributed by atoms with Crippen LogP contribution in [0.15, 0.2) is 42.5 Å². The number of carbonyl (C=O) groups excluding carboxylic acids is 4. The summed E-state index contributed by atoms with van der Waals surface area (Å²) in [5.41, 5.74) is 0.515. The molecule has 4 amide bonds. The molecule has 4 rings (SSSR count). The van der Waals surface area contributed by atoms with Gasteiger partial charge in [0.2, 0.25) is 17.7 Å².